The van der Waals surface area contributed by atoms with E-state index in [0.29, 0.717) is 41.7 Å². The van der Waals surface area contributed by atoms with Crippen LogP contribution in [-0.4, -0.2) is 35.2 Å². The van der Waals surface area contributed by atoms with Gasteiger partial charge in [-0.1, -0.05) is 28.9 Å². The van der Waals surface area contributed by atoms with Gasteiger partial charge in [-0.05, 0) is 72.4 Å². The fraction of sp³-hybridized carbons (Fsp3) is 0.265. The number of aliphatic hydroxyl groups excluding tert-OH is 1. The number of nitrogens with zero attached hydrogens (tertiary/aromatic N) is 1. The largest absolute Gasteiger partial charge is 0.496 e. The van der Waals surface area contributed by atoms with Crippen molar-refractivity contribution in [3.8, 4) is 16.9 Å². The maximum atomic E-state index is 14.8. The first-order valence-electron chi connectivity index (χ1n) is 14.7. The van der Waals surface area contributed by atoms with Crippen LogP contribution in [0.1, 0.15) is 39.9 Å². The smallest absolute Gasteiger partial charge is 0.419 e. The van der Waals surface area contributed by atoms with Crippen LogP contribution >= 0.6 is 0 Å². The molecule has 0 radical (unpaired) electrons. The molecule has 244 valence electrons. The zero-order valence-corrected chi connectivity index (χ0v) is 24.8. The van der Waals surface area contributed by atoms with Crippen LogP contribution < -0.4 is 15.4 Å². The molecule has 4 atom stereocenters. The Labute approximate surface area is 265 Å². The highest BCUT2D eigenvalue weighted by Gasteiger charge is 2.54. The molecule has 2 aliphatic carbocycles. The number of amides is 2. The summed E-state index contributed by atoms with van der Waals surface area (Å²) in [4.78, 5) is 27.7. The van der Waals surface area contributed by atoms with Crippen molar-refractivity contribution in [2.24, 2.45) is 17.8 Å². The van der Waals surface area contributed by atoms with Gasteiger partial charge in [0, 0.05) is 28.8 Å². The van der Waals surface area contributed by atoms with Crippen LogP contribution in [0.5, 0.6) is 5.75 Å². The van der Waals surface area contributed by atoms with Crippen molar-refractivity contribution in [1.29, 1.82) is 0 Å². The third kappa shape index (κ3) is 6.22. The van der Waals surface area contributed by atoms with Crippen molar-refractivity contribution in [3.63, 3.8) is 0 Å². The van der Waals surface area contributed by atoms with Crippen molar-refractivity contribution < 1.29 is 45.9 Å². The molecule has 47 heavy (non-hydrogen) atoms. The number of methoxy groups -OCH3 is 1. The second kappa shape index (κ2) is 12.6. The number of alkyl halides is 3. The van der Waals surface area contributed by atoms with Gasteiger partial charge in [0.1, 0.15) is 23.6 Å². The van der Waals surface area contributed by atoms with Gasteiger partial charge in [-0.2, -0.15) is 13.2 Å². The molecule has 2 saturated carbocycles. The molecule has 2 bridgehead atoms. The van der Waals surface area contributed by atoms with E-state index in [1.165, 1.54) is 49.9 Å². The number of fused-ring (bicyclic) bond motifs is 2. The third-order valence-electron chi connectivity index (χ3n) is 8.79. The molecule has 8 nitrogen and oxygen atoms in total. The van der Waals surface area contributed by atoms with E-state index in [1.54, 1.807) is 6.07 Å². The summed E-state index contributed by atoms with van der Waals surface area (Å²) in [6.45, 7) is -0.315. The van der Waals surface area contributed by atoms with Crippen LogP contribution in [0.25, 0.3) is 17.2 Å². The van der Waals surface area contributed by atoms with Gasteiger partial charge in [0.15, 0.2) is 0 Å². The number of aromatic nitrogens is 1. The molecule has 0 spiro atoms. The SMILES string of the molecule is COc1ccc(-c2cc(CO)ccc2F)cc1C(=O)N[C@@H]1C2CCC(C2=Cc2cnoc2)[C@@H]1C(=O)Nc1ccc(F)c(C(F)(F)F)c1. The number of anilines is 1. The monoisotopic (exact) mass is 653 g/mol. The molecule has 2 amide bonds. The summed E-state index contributed by atoms with van der Waals surface area (Å²) in [6, 6.07) is 10.1. The number of carbonyl (C=O) groups is 2. The molecular weight excluding hydrogens is 625 g/mol. The quantitative estimate of drug-likeness (QED) is 0.184. The minimum absolute atomic E-state index is 0.0543. The van der Waals surface area contributed by atoms with E-state index >= 15 is 0 Å². The Balaban J connectivity index is 1.34. The lowest BCUT2D eigenvalue weighted by Gasteiger charge is -2.30. The molecule has 3 aromatic carbocycles. The predicted molar refractivity (Wildman–Crippen MR) is 160 cm³/mol. The average molecular weight is 654 g/mol. The Hall–Kier alpha value is -5.04. The number of hydrogen-bond donors (Lipinski definition) is 3. The number of hydrogen-bond acceptors (Lipinski definition) is 6. The van der Waals surface area contributed by atoms with Crippen molar-refractivity contribution >= 4 is 23.6 Å². The van der Waals surface area contributed by atoms with Crippen molar-refractivity contribution in [3.05, 3.63) is 107 Å². The normalized spacial score (nSPS) is 21.2. The maximum Gasteiger partial charge on any atom is 0.419 e. The standard InChI is InChI=1S/C34H28F5N3O5/c1-46-29-9-3-19(23-10-17(15-43)2-7-27(23)35)12-25(29)32(44)42-31-22-6-5-21(24(22)11-18-14-40-47-16-18)30(31)33(45)41-20-4-8-28(36)26(13-20)34(37,38)39/h2-4,7-14,16,21-22,30-31,43H,5-6,15H2,1H3,(H,41,45)(H,42,44)/t21?,22?,30-,31+/m0/s1. The highest BCUT2D eigenvalue weighted by atomic mass is 19.4. The highest BCUT2D eigenvalue weighted by Crippen LogP contribution is 2.53. The third-order valence-corrected chi connectivity index (χ3v) is 8.79. The number of ether oxygens (including phenoxy) is 1. The fourth-order valence-electron chi connectivity index (χ4n) is 6.69. The molecule has 3 N–H and O–H groups in total. The zero-order valence-electron chi connectivity index (χ0n) is 24.8. The number of carbonyl (C=O) groups excluding carboxylic acids is 2. The van der Waals surface area contributed by atoms with Gasteiger partial charge >= 0.3 is 6.18 Å². The van der Waals surface area contributed by atoms with Crippen LogP contribution in [0.2, 0.25) is 0 Å². The lowest BCUT2D eigenvalue weighted by Crippen LogP contribution is -2.48. The first kappa shape index (κ1) is 31.9. The fourth-order valence-corrected chi connectivity index (χ4v) is 6.69. The van der Waals surface area contributed by atoms with Gasteiger partial charge in [0.2, 0.25) is 5.91 Å². The summed E-state index contributed by atoms with van der Waals surface area (Å²) in [6.07, 6.45) is 0.948. The first-order chi connectivity index (χ1) is 22.5. The Morgan fingerprint density at radius 3 is 2.51 bits per heavy atom. The molecule has 0 saturated heterocycles. The Kier molecular flexibility index (Phi) is 8.58. The lowest BCUT2D eigenvalue weighted by atomic mass is 9.83. The molecule has 13 heteroatoms. The first-order valence-corrected chi connectivity index (χ1v) is 14.7. The summed E-state index contributed by atoms with van der Waals surface area (Å²) in [5.41, 5.74) is 0.734. The van der Waals surface area contributed by atoms with Crippen LogP contribution in [0, 0.1) is 29.4 Å². The van der Waals surface area contributed by atoms with Gasteiger partial charge in [-0.3, -0.25) is 9.59 Å². The Morgan fingerprint density at radius 2 is 1.81 bits per heavy atom. The predicted octanol–water partition coefficient (Wildman–Crippen LogP) is 6.62. The number of rotatable bonds is 8. The van der Waals surface area contributed by atoms with Crippen LogP contribution in [0.3, 0.4) is 0 Å². The topological polar surface area (TPSA) is 114 Å². The van der Waals surface area contributed by atoms with E-state index in [4.69, 9.17) is 9.26 Å². The zero-order chi connectivity index (χ0) is 33.5. The molecule has 2 fully saturated rings. The molecule has 1 heterocycles. The molecule has 2 aliphatic rings. The number of nitrogens with one attached hydrogen (secondary N) is 2. The minimum Gasteiger partial charge on any atom is -0.496 e. The summed E-state index contributed by atoms with van der Waals surface area (Å²) in [5, 5.41) is 18.7. The van der Waals surface area contributed by atoms with E-state index in [9.17, 15) is 36.6 Å². The van der Waals surface area contributed by atoms with E-state index in [0.717, 1.165) is 11.6 Å². The van der Waals surface area contributed by atoms with Crippen LogP contribution in [-0.2, 0) is 17.6 Å². The van der Waals surface area contributed by atoms with Gasteiger partial charge in [0.05, 0.1) is 37.0 Å². The molecular formula is C34H28F5N3O5. The molecule has 0 aliphatic heterocycles. The molecule has 2 unspecified atom stereocenters. The van der Waals surface area contributed by atoms with Gasteiger partial charge in [-0.15, -0.1) is 0 Å². The average Bonchev–Trinajstić information content (AvgIpc) is 3.78. The number of aliphatic hydroxyl groups is 1. The number of halogens is 5. The Morgan fingerprint density at radius 1 is 1.04 bits per heavy atom. The minimum atomic E-state index is -4.97. The molecule has 4 aromatic rings. The van der Waals surface area contributed by atoms with E-state index in [-0.39, 0.29) is 41.0 Å². The van der Waals surface area contributed by atoms with Crippen molar-refractivity contribution in [1.82, 2.24) is 10.5 Å². The van der Waals surface area contributed by atoms with E-state index in [1.807, 2.05) is 6.08 Å². The van der Waals surface area contributed by atoms with E-state index < -0.39 is 47.1 Å². The Bertz CT molecular complexity index is 1860. The van der Waals surface area contributed by atoms with Gasteiger partial charge in [-0.25, -0.2) is 8.78 Å². The summed E-state index contributed by atoms with van der Waals surface area (Å²) >= 11 is 0. The lowest BCUT2D eigenvalue weighted by molar-refractivity contribution is -0.140. The highest BCUT2D eigenvalue weighted by molar-refractivity contribution is 6.00. The van der Waals surface area contributed by atoms with E-state index in [2.05, 4.69) is 15.8 Å². The summed E-state index contributed by atoms with van der Waals surface area (Å²) < 4.78 is 79.3. The van der Waals surface area contributed by atoms with Crippen LogP contribution in [0.15, 0.2) is 77.2 Å². The second-order valence-corrected chi connectivity index (χ2v) is 11.5. The molecule has 1 aromatic heterocycles. The summed E-state index contributed by atoms with van der Waals surface area (Å²) in [7, 11) is 1.37. The second-order valence-electron chi connectivity index (χ2n) is 11.5. The van der Waals surface area contributed by atoms with Gasteiger partial charge in [0.25, 0.3) is 5.91 Å². The van der Waals surface area contributed by atoms with Crippen molar-refractivity contribution in [2.45, 2.75) is 31.7 Å². The van der Waals surface area contributed by atoms with Crippen molar-refractivity contribution in [2.75, 3.05) is 12.4 Å². The maximum absolute atomic E-state index is 14.8. The van der Waals surface area contributed by atoms with Gasteiger partial charge < -0.3 is 25.0 Å². The molecule has 6 rings (SSSR count). The van der Waals surface area contributed by atoms with Crippen LogP contribution in [0.4, 0.5) is 27.6 Å². The summed E-state index contributed by atoms with van der Waals surface area (Å²) in [5.74, 6) is -4.74. The number of benzene rings is 3.